The molecule has 0 aliphatic heterocycles. The Balaban J connectivity index is 2.89. The van der Waals surface area contributed by atoms with Crippen LogP contribution in [0.15, 0.2) is 23.1 Å². The molecule has 1 rings (SSSR count). The molecule has 1 aromatic carbocycles. The Morgan fingerprint density at radius 3 is 2.42 bits per heavy atom. The van der Waals surface area contributed by atoms with Crippen molar-refractivity contribution in [2.45, 2.75) is 11.8 Å². The van der Waals surface area contributed by atoms with Gasteiger partial charge >= 0.3 is 0 Å². The average molecular weight is 310 g/mol. The Morgan fingerprint density at radius 1 is 1.26 bits per heavy atom. The first-order valence-electron chi connectivity index (χ1n) is 5.43. The van der Waals surface area contributed by atoms with Crippen LogP contribution in [0.4, 0.5) is 10.1 Å². The molecule has 0 aliphatic carbocycles. The molecule has 19 heavy (non-hydrogen) atoms. The van der Waals surface area contributed by atoms with Crippen LogP contribution in [0.25, 0.3) is 0 Å². The third kappa shape index (κ3) is 4.15. The van der Waals surface area contributed by atoms with Gasteiger partial charge in [0, 0.05) is 12.3 Å². The van der Waals surface area contributed by atoms with Crippen LogP contribution in [-0.2, 0) is 19.9 Å². The zero-order chi connectivity index (χ0) is 14.7. The molecule has 108 valence electrons. The fraction of sp³-hybridized carbons (Fsp3) is 0.400. The summed E-state index contributed by atoms with van der Waals surface area (Å²) in [5.74, 6) is -1.42. The molecule has 0 spiro atoms. The summed E-state index contributed by atoms with van der Waals surface area (Å²) in [4.78, 5) is -0.663. The molecule has 0 radical (unpaired) electrons. The zero-order valence-electron chi connectivity index (χ0n) is 10.3. The van der Waals surface area contributed by atoms with Gasteiger partial charge in [0.15, 0.2) is 9.84 Å². The van der Waals surface area contributed by atoms with Crippen LogP contribution >= 0.6 is 0 Å². The molecule has 0 amide bonds. The van der Waals surface area contributed by atoms with Gasteiger partial charge in [0.05, 0.1) is 11.4 Å². The molecule has 0 heterocycles. The van der Waals surface area contributed by atoms with E-state index in [2.05, 4.69) is 0 Å². The van der Waals surface area contributed by atoms with Gasteiger partial charge in [-0.1, -0.05) is 13.0 Å². The fourth-order valence-corrected chi connectivity index (χ4v) is 3.41. The minimum absolute atomic E-state index is 0.0867. The first-order valence-corrected chi connectivity index (χ1v) is 8.74. The molecule has 0 saturated heterocycles. The number of nitrogen functional groups attached to an aromatic ring is 1. The van der Waals surface area contributed by atoms with E-state index < -0.39 is 30.6 Å². The van der Waals surface area contributed by atoms with Gasteiger partial charge in [-0.25, -0.2) is 25.9 Å². The van der Waals surface area contributed by atoms with Crippen LogP contribution < -0.4 is 10.5 Å². The summed E-state index contributed by atoms with van der Waals surface area (Å²) in [5.41, 5.74) is 5.18. The third-order valence-electron chi connectivity index (χ3n) is 2.41. The summed E-state index contributed by atoms with van der Waals surface area (Å²) >= 11 is 0. The van der Waals surface area contributed by atoms with Crippen LogP contribution in [0.2, 0.25) is 0 Å². The molecule has 0 unspecified atom stereocenters. The van der Waals surface area contributed by atoms with Gasteiger partial charge in [-0.2, -0.15) is 0 Å². The van der Waals surface area contributed by atoms with Crippen molar-refractivity contribution in [2.75, 3.05) is 23.8 Å². The Kier molecular flexibility index (Phi) is 4.88. The second-order valence-electron chi connectivity index (χ2n) is 3.79. The van der Waals surface area contributed by atoms with Crippen LogP contribution in [0.3, 0.4) is 0 Å². The Hall–Kier alpha value is -1.19. The largest absolute Gasteiger partial charge is 0.398 e. The van der Waals surface area contributed by atoms with E-state index in [1.807, 2.05) is 4.72 Å². The summed E-state index contributed by atoms with van der Waals surface area (Å²) in [6, 6.07) is 3.50. The number of rotatable bonds is 6. The van der Waals surface area contributed by atoms with Gasteiger partial charge in [0.25, 0.3) is 0 Å². The predicted molar refractivity (Wildman–Crippen MR) is 70.3 cm³/mol. The number of hydrogen-bond acceptors (Lipinski definition) is 5. The highest BCUT2D eigenvalue weighted by Crippen LogP contribution is 2.21. The highest BCUT2D eigenvalue weighted by molar-refractivity contribution is 7.91. The van der Waals surface area contributed by atoms with Crippen LogP contribution in [0.5, 0.6) is 0 Å². The lowest BCUT2D eigenvalue weighted by molar-refractivity contribution is 0.559. The molecule has 0 aliphatic rings. The number of hydrogen-bond donors (Lipinski definition) is 2. The SMILES string of the molecule is CCS(=O)(=O)CCNS(=O)(=O)c1c(N)cccc1F. The van der Waals surface area contributed by atoms with Gasteiger partial charge in [0.2, 0.25) is 10.0 Å². The van der Waals surface area contributed by atoms with Crippen molar-refractivity contribution in [1.29, 1.82) is 0 Å². The van der Waals surface area contributed by atoms with E-state index in [9.17, 15) is 21.2 Å². The Morgan fingerprint density at radius 2 is 1.89 bits per heavy atom. The van der Waals surface area contributed by atoms with Crippen molar-refractivity contribution in [1.82, 2.24) is 4.72 Å². The van der Waals surface area contributed by atoms with Crippen molar-refractivity contribution in [3.63, 3.8) is 0 Å². The second-order valence-corrected chi connectivity index (χ2v) is 7.97. The van der Waals surface area contributed by atoms with E-state index in [-0.39, 0.29) is 23.7 Å². The molecule has 0 fully saturated rings. The summed E-state index contributed by atoms with van der Waals surface area (Å²) in [7, 11) is -7.46. The normalized spacial score (nSPS) is 12.5. The number of anilines is 1. The van der Waals surface area contributed by atoms with Gasteiger partial charge in [-0.05, 0) is 12.1 Å². The monoisotopic (exact) mass is 310 g/mol. The predicted octanol–water partition coefficient (Wildman–Crippen LogP) is 0.121. The second kappa shape index (κ2) is 5.85. The third-order valence-corrected chi connectivity index (χ3v) is 5.67. The summed E-state index contributed by atoms with van der Waals surface area (Å²) in [6.45, 7) is 1.13. The first kappa shape index (κ1) is 15.9. The minimum Gasteiger partial charge on any atom is -0.398 e. The van der Waals surface area contributed by atoms with Gasteiger partial charge in [-0.3, -0.25) is 0 Å². The maximum Gasteiger partial charge on any atom is 0.245 e. The quantitative estimate of drug-likeness (QED) is 0.726. The van der Waals surface area contributed by atoms with Crippen LogP contribution in [-0.4, -0.2) is 34.9 Å². The van der Waals surface area contributed by atoms with Gasteiger partial charge in [0.1, 0.15) is 10.7 Å². The molecular weight excluding hydrogens is 295 g/mol. The number of benzene rings is 1. The zero-order valence-corrected chi connectivity index (χ0v) is 11.9. The maximum absolute atomic E-state index is 13.5. The van der Waals surface area contributed by atoms with E-state index in [0.717, 1.165) is 6.07 Å². The number of sulfone groups is 1. The van der Waals surface area contributed by atoms with E-state index in [1.165, 1.54) is 19.1 Å². The highest BCUT2D eigenvalue weighted by atomic mass is 32.2. The van der Waals surface area contributed by atoms with Crippen molar-refractivity contribution < 1.29 is 21.2 Å². The average Bonchev–Trinajstić information content (AvgIpc) is 2.27. The Labute approximate surface area is 111 Å². The topological polar surface area (TPSA) is 106 Å². The van der Waals surface area contributed by atoms with Crippen molar-refractivity contribution in [3.8, 4) is 0 Å². The van der Waals surface area contributed by atoms with Crippen LogP contribution in [0, 0.1) is 5.82 Å². The van der Waals surface area contributed by atoms with E-state index in [4.69, 9.17) is 5.73 Å². The van der Waals surface area contributed by atoms with Crippen molar-refractivity contribution >= 4 is 25.5 Å². The van der Waals surface area contributed by atoms with Crippen molar-refractivity contribution in [3.05, 3.63) is 24.0 Å². The number of nitrogens with one attached hydrogen (secondary N) is 1. The van der Waals surface area contributed by atoms with E-state index in [0.29, 0.717) is 0 Å². The van der Waals surface area contributed by atoms with E-state index >= 15 is 0 Å². The smallest absolute Gasteiger partial charge is 0.245 e. The maximum atomic E-state index is 13.5. The molecular formula is C10H15FN2O4S2. The fourth-order valence-electron chi connectivity index (χ4n) is 1.36. The number of nitrogens with two attached hydrogens (primary N) is 1. The molecule has 0 aromatic heterocycles. The van der Waals surface area contributed by atoms with Gasteiger partial charge < -0.3 is 5.73 Å². The van der Waals surface area contributed by atoms with Gasteiger partial charge in [-0.15, -0.1) is 0 Å². The lowest BCUT2D eigenvalue weighted by atomic mass is 10.3. The minimum atomic E-state index is -4.17. The Bertz CT molecular complexity index is 636. The molecule has 6 nitrogen and oxygen atoms in total. The van der Waals surface area contributed by atoms with Crippen molar-refractivity contribution in [2.24, 2.45) is 0 Å². The number of halogens is 1. The summed E-state index contributed by atoms with van der Waals surface area (Å²) in [6.07, 6.45) is 0. The molecule has 0 saturated carbocycles. The lowest BCUT2D eigenvalue weighted by Crippen LogP contribution is -2.30. The first-order chi connectivity index (χ1) is 8.69. The lowest BCUT2D eigenvalue weighted by Gasteiger charge is -2.09. The summed E-state index contributed by atoms with van der Waals surface area (Å²) in [5, 5.41) is 0. The standard InChI is InChI=1S/C10H15FN2O4S2/c1-2-18(14,15)7-6-13-19(16,17)10-8(11)4-3-5-9(10)12/h3-5,13H,2,6-7,12H2,1H3. The van der Waals surface area contributed by atoms with E-state index in [1.54, 1.807) is 0 Å². The highest BCUT2D eigenvalue weighted by Gasteiger charge is 2.22. The number of sulfonamides is 1. The molecule has 0 bridgehead atoms. The molecule has 3 N–H and O–H groups in total. The molecule has 9 heteroatoms. The summed E-state index contributed by atoms with van der Waals surface area (Å²) < 4.78 is 61.6. The van der Waals surface area contributed by atoms with Crippen LogP contribution in [0.1, 0.15) is 6.92 Å². The molecule has 1 aromatic rings. The molecule has 0 atom stereocenters.